The second kappa shape index (κ2) is 5.79. The Morgan fingerprint density at radius 1 is 1.19 bits per heavy atom. The Labute approximate surface area is 118 Å². The van der Waals surface area contributed by atoms with E-state index in [0.717, 1.165) is 12.1 Å². The van der Waals surface area contributed by atoms with Crippen LogP contribution in [0.15, 0.2) is 36.7 Å². The van der Waals surface area contributed by atoms with Gasteiger partial charge in [0.25, 0.3) is 0 Å². The van der Waals surface area contributed by atoms with E-state index >= 15 is 0 Å². The minimum absolute atomic E-state index is 0.277. The lowest BCUT2D eigenvalue weighted by atomic mass is 9.93. The number of hydrazine groups is 1. The van der Waals surface area contributed by atoms with Crippen LogP contribution in [0.4, 0.5) is 17.6 Å². The molecule has 0 aliphatic carbocycles. The largest absolute Gasteiger partial charge is 0.416 e. The summed E-state index contributed by atoms with van der Waals surface area (Å²) in [5.41, 5.74) is 2.25. The molecule has 1 unspecified atom stereocenters. The zero-order valence-electron chi connectivity index (χ0n) is 11.1. The van der Waals surface area contributed by atoms with Gasteiger partial charge in [0.2, 0.25) is 0 Å². The number of hydrogen-bond acceptors (Lipinski definition) is 3. The van der Waals surface area contributed by atoms with Crippen molar-refractivity contribution in [3.63, 3.8) is 0 Å². The third kappa shape index (κ3) is 3.20. The Hall–Kier alpha value is -1.99. The molecule has 0 bridgehead atoms. The number of rotatable bonds is 3. The summed E-state index contributed by atoms with van der Waals surface area (Å²) >= 11 is 0. The summed E-state index contributed by atoms with van der Waals surface area (Å²) in [6.45, 7) is 1.72. The van der Waals surface area contributed by atoms with Crippen LogP contribution in [-0.2, 0) is 6.18 Å². The molecule has 112 valence electrons. The van der Waals surface area contributed by atoms with Crippen molar-refractivity contribution in [3.8, 4) is 0 Å². The Bertz CT molecular complexity index is 640. The quantitative estimate of drug-likeness (QED) is 0.520. The molecule has 0 amide bonds. The first kappa shape index (κ1) is 15.4. The minimum atomic E-state index is -4.60. The fraction of sp³-hybridized carbons (Fsp3) is 0.214. The fourth-order valence-electron chi connectivity index (χ4n) is 2.16. The molecule has 21 heavy (non-hydrogen) atoms. The number of halogens is 4. The predicted molar refractivity (Wildman–Crippen MR) is 69.5 cm³/mol. The highest BCUT2D eigenvalue weighted by atomic mass is 19.4. The highest BCUT2D eigenvalue weighted by Gasteiger charge is 2.36. The van der Waals surface area contributed by atoms with Gasteiger partial charge in [-0.3, -0.25) is 10.8 Å². The zero-order chi connectivity index (χ0) is 15.6. The number of pyridine rings is 1. The van der Waals surface area contributed by atoms with E-state index in [0.29, 0.717) is 17.2 Å². The van der Waals surface area contributed by atoms with Crippen molar-refractivity contribution >= 4 is 0 Å². The van der Waals surface area contributed by atoms with E-state index in [1.54, 1.807) is 13.0 Å². The Balaban J connectivity index is 2.63. The summed E-state index contributed by atoms with van der Waals surface area (Å²) in [7, 11) is 0. The number of benzene rings is 1. The van der Waals surface area contributed by atoms with Crippen LogP contribution in [0.3, 0.4) is 0 Å². The highest BCUT2D eigenvalue weighted by molar-refractivity contribution is 5.40. The van der Waals surface area contributed by atoms with Crippen LogP contribution < -0.4 is 11.3 Å². The molecule has 7 heteroatoms. The van der Waals surface area contributed by atoms with Crippen molar-refractivity contribution in [1.82, 2.24) is 10.4 Å². The number of alkyl halides is 3. The highest BCUT2D eigenvalue weighted by Crippen LogP contribution is 2.37. The van der Waals surface area contributed by atoms with Crippen molar-refractivity contribution in [2.45, 2.75) is 19.1 Å². The molecule has 1 heterocycles. The summed E-state index contributed by atoms with van der Waals surface area (Å²) in [5, 5.41) is 0. The third-order valence-corrected chi connectivity index (χ3v) is 3.19. The molecule has 1 aromatic heterocycles. The number of hydrogen-bond donors (Lipinski definition) is 2. The number of nitrogens with zero attached hydrogens (tertiary/aromatic N) is 1. The average Bonchev–Trinajstić information content (AvgIpc) is 2.40. The Morgan fingerprint density at radius 3 is 2.48 bits per heavy atom. The van der Waals surface area contributed by atoms with Crippen LogP contribution in [-0.4, -0.2) is 4.98 Å². The summed E-state index contributed by atoms with van der Waals surface area (Å²) in [4.78, 5) is 3.88. The van der Waals surface area contributed by atoms with Gasteiger partial charge in [-0.1, -0.05) is 0 Å². The number of nitrogens with one attached hydrogen (secondary N) is 1. The molecule has 1 aromatic carbocycles. The number of nitrogens with two attached hydrogens (primary N) is 1. The summed E-state index contributed by atoms with van der Waals surface area (Å²) in [6, 6.07) is 2.95. The summed E-state index contributed by atoms with van der Waals surface area (Å²) < 4.78 is 52.7. The maximum absolute atomic E-state index is 13.4. The molecule has 3 nitrogen and oxygen atoms in total. The molecule has 0 aliphatic heterocycles. The normalized spacial score (nSPS) is 13.2. The molecule has 0 spiro atoms. The van der Waals surface area contributed by atoms with Gasteiger partial charge in [0.05, 0.1) is 11.6 Å². The fourth-order valence-corrected chi connectivity index (χ4v) is 2.16. The van der Waals surface area contributed by atoms with Crippen LogP contribution in [0.2, 0.25) is 0 Å². The molecular weight excluding hydrogens is 286 g/mol. The SMILES string of the molecule is Cc1ccncc1C(NN)c1cc(F)ccc1C(F)(F)F. The molecule has 2 rings (SSSR count). The maximum Gasteiger partial charge on any atom is 0.416 e. The molecule has 0 radical (unpaired) electrons. The zero-order valence-corrected chi connectivity index (χ0v) is 11.1. The molecule has 0 fully saturated rings. The standard InChI is InChI=1S/C14H13F4N3/c1-8-4-5-20-7-11(8)13(21-19)10-6-9(15)2-3-12(10)14(16,17)18/h2-7,13,21H,19H2,1H3. The van der Waals surface area contributed by atoms with Crippen LogP contribution in [0.5, 0.6) is 0 Å². The molecular formula is C14H13F4N3. The van der Waals surface area contributed by atoms with Gasteiger partial charge >= 0.3 is 6.18 Å². The minimum Gasteiger partial charge on any atom is -0.271 e. The van der Waals surface area contributed by atoms with Gasteiger partial charge in [-0.05, 0) is 47.9 Å². The van der Waals surface area contributed by atoms with Crippen LogP contribution >= 0.6 is 0 Å². The lowest BCUT2D eigenvalue weighted by Gasteiger charge is -2.22. The van der Waals surface area contributed by atoms with Crippen molar-refractivity contribution in [2.24, 2.45) is 5.84 Å². The predicted octanol–water partition coefficient (Wildman–Crippen LogP) is 3.10. The average molecular weight is 299 g/mol. The Kier molecular flexibility index (Phi) is 4.24. The summed E-state index contributed by atoms with van der Waals surface area (Å²) in [5.74, 6) is 4.64. The van der Waals surface area contributed by atoms with Crippen LogP contribution in [0.1, 0.15) is 28.3 Å². The van der Waals surface area contributed by atoms with Crippen molar-refractivity contribution in [1.29, 1.82) is 0 Å². The van der Waals surface area contributed by atoms with Gasteiger partial charge < -0.3 is 0 Å². The van der Waals surface area contributed by atoms with Gasteiger partial charge in [-0.2, -0.15) is 13.2 Å². The smallest absolute Gasteiger partial charge is 0.271 e. The molecule has 2 aromatic rings. The molecule has 3 N–H and O–H groups in total. The van der Waals surface area contributed by atoms with Crippen molar-refractivity contribution < 1.29 is 17.6 Å². The van der Waals surface area contributed by atoms with Crippen LogP contribution in [0.25, 0.3) is 0 Å². The van der Waals surface area contributed by atoms with E-state index in [9.17, 15) is 17.6 Å². The maximum atomic E-state index is 13.4. The molecule has 0 saturated carbocycles. The van der Waals surface area contributed by atoms with E-state index in [-0.39, 0.29) is 5.56 Å². The third-order valence-electron chi connectivity index (χ3n) is 3.19. The molecule has 0 aliphatic rings. The number of aryl methyl sites for hydroxylation is 1. The number of aromatic nitrogens is 1. The van der Waals surface area contributed by atoms with E-state index < -0.39 is 23.6 Å². The lowest BCUT2D eigenvalue weighted by Crippen LogP contribution is -2.31. The molecule has 0 saturated heterocycles. The summed E-state index contributed by atoms with van der Waals surface area (Å²) in [6.07, 6.45) is -1.68. The second-order valence-electron chi connectivity index (χ2n) is 4.56. The lowest BCUT2D eigenvalue weighted by molar-refractivity contribution is -0.138. The topological polar surface area (TPSA) is 50.9 Å². The first-order valence-corrected chi connectivity index (χ1v) is 6.08. The first-order chi connectivity index (χ1) is 9.84. The van der Waals surface area contributed by atoms with E-state index in [4.69, 9.17) is 5.84 Å². The molecule has 1 atom stereocenters. The van der Waals surface area contributed by atoms with Gasteiger partial charge in [0.1, 0.15) is 5.82 Å². The second-order valence-corrected chi connectivity index (χ2v) is 4.56. The van der Waals surface area contributed by atoms with Gasteiger partial charge in [0, 0.05) is 12.4 Å². The van der Waals surface area contributed by atoms with Crippen molar-refractivity contribution in [3.05, 3.63) is 64.7 Å². The van der Waals surface area contributed by atoms with E-state index in [1.807, 2.05) is 0 Å². The Morgan fingerprint density at radius 2 is 1.90 bits per heavy atom. The van der Waals surface area contributed by atoms with Crippen molar-refractivity contribution in [2.75, 3.05) is 0 Å². The monoisotopic (exact) mass is 299 g/mol. The van der Waals surface area contributed by atoms with Crippen LogP contribution in [0, 0.1) is 12.7 Å². The first-order valence-electron chi connectivity index (χ1n) is 6.08. The van der Waals surface area contributed by atoms with E-state index in [2.05, 4.69) is 10.4 Å². The van der Waals surface area contributed by atoms with E-state index in [1.165, 1.54) is 12.4 Å². The van der Waals surface area contributed by atoms with Gasteiger partial charge in [-0.15, -0.1) is 0 Å². The van der Waals surface area contributed by atoms with Gasteiger partial charge in [-0.25, -0.2) is 9.82 Å². The van der Waals surface area contributed by atoms with Gasteiger partial charge in [0.15, 0.2) is 0 Å².